The first-order valence-corrected chi connectivity index (χ1v) is 7.81. The summed E-state index contributed by atoms with van der Waals surface area (Å²) in [6.45, 7) is 13.3. The first-order chi connectivity index (χ1) is 8.08. The quantitative estimate of drug-likeness (QED) is 0.411. The van der Waals surface area contributed by atoms with Gasteiger partial charge in [-0.1, -0.05) is 27.2 Å². The molecule has 108 valence electrons. The van der Waals surface area contributed by atoms with Gasteiger partial charge < -0.3 is 5.32 Å². The number of hydrogen-bond acceptors (Lipinski definition) is 3. The first-order valence-electron chi connectivity index (χ1n) is 6.73. The Kier molecular flexibility index (Phi) is 7.94. The molecule has 0 aromatic carbocycles. The lowest BCUT2D eigenvalue weighted by atomic mass is 9.84. The monoisotopic (exact) mass is 368 g/mol. The maximum atomic E-state index is 12.4. The minimum Gasteiger partial charge on any atom is -0.303 e. The number of carbonyl (C=O) groups excluding carboxylic acids is 1. The average molecular weight is 368 g/mol. The number of halogens is 1. The van der Waals surface area contributed by atoms with Gasteiger partial charge in [0, 0.05) is 40.4 Å². The molecule has 0 spiro atoms. The van der Waals surface area contributed by atoms with Crippen molar-refractivity contribution in [2.24, 2.45) is 5.41 Å². The molecule has 0 saturated carbocycles. The zero-order valence-electron chi connectivity index (χ0n) is 12.7. The van der Waals surface area contributed by atoms with Crippen LogP contribution in [-0.4, -0.2) is 23.9 Å². The van der Waals surface area contributed by atoms with Crippen LogP contribution in [0.1, 0.15) is 60.8 Å². The van der Waals surface area contributed by atoms with Crippen molar-refractivity contribution >= 4 is 28.6 Å². The highest BCUT2D eigenvalue weighted by Crippen LogP contribution is 2.21. The Labute approximate surface area is 126 Å². The lowest BCUT2D eigenvalue weighted by molar-refractivity contribution is -0.129. The van der Waals surface area contributed by atoms with E-state index in [1.807, 2.05) is 20.8 Å². The third kappa shape index (κ3) is 8.43. The summed E-state index contributed by atoms with van der Waals surface area (Å²) < 4.78 is 3.11. The summed E-state index contributed by atoms with van der Waals surface area (Å²) in [7, 11) is 0. The Morgan fingerprint density at radius 1 is 1.11 bits per heavy atom. The van der Waals surface area contributed by atoms with Crippen LogP contribution >= 0.6 is 22.9 Å². The Hall–Kier alpha value is 0.320. The van der Waals surface area contributed by atoms with Crippen molar-refractivity contribution in [1.29, 1.82) is 0 Å². The van der Waals surface area contributed by atoms with Gasteiger partial charge in [0.25, 0.3) is 0 Å². The van der Waals surface area contributed by atoms with Gasteiger partial charge in [-0.25, -0.2) is 0 Å². The van der Waals surface area contributed by atoms with Gasteiger partial charge in [0.2, 0.25) is 0 Å². The van der Waals surface area contributed by atoms with Gasteiger partial charge in [-0.3, -0.25) is 8.32 Å². The molecule has 0 aromatic heterocycles. The molecule has 0 aromatic rings. The van der Waals surface area contributed by atoms with Gasteiger partial charge in [0.05, 0.1) is 6.04 Å². The number of ketones is 1. The lowest BCUT2D eigenvalue weighted by Crippen LogP contribution is -2.50. The zero-order chi connectivity index (χ0) is 14.4. The second kappa shape index (κ2) is 7.80. The van der Waals surface area contributed by atoms with Gasteiger partial charge in [0.15, 0.2) is 5.78 Å². The minimum atomic E-state index is -0.273. The Morgan fingerprint density at radius 2 is 1.67 bits per heavy atom. The molecule has 0 radical (unpaired) electrons. The second-order valence-electron chi connectivity index (χ2n) is 6.94. The van der Waals surface area contributed by atoms with Crippen LogP contribution in [0.15, 0.2) is 0 Å². The topological polar surface area (TPSA) is 41.1 Å². The number of unbranched alkanes of at least 4 members (excludes halogenated alkanes) is 1. The molecule has 3 nitrogen and oxygen atoms in total. The molecule has 1 unspecified atom stereocenters. The van der Waals surface area contributed by atoms with E-state index < -0.39 is 0 Å². The highest BCUT2D eigenvalue weighted by Gasteiger charge is 2.31. The largest absolute Gasteiger partial charge is 0.303 e. The van der Waals surface area contributed by atoms with E-state index in [1.165, 1.54) is 0 Å². The fraction of sp³-hybridized carbons (Fsp3) is 0.929. The summed E-state index contributed by atoms with van der Waals surface area (Å²) in [6, 6.07) is -0.0285. The minimum absolute atomic E-state index is 0.0207. The Morgan fingerprint density at radius 3 is 2.06 bits per heavy atom. The van der Waals surface area contributed by atoms with E-state index in [-0.39, 0.29) is 17.0 Å². The van der Waals surface area contributed by atoms with Gasteiger partial charge in [-0.05, 0) is 33.6 Å². The predicted molar refractivity (Wildman–Crippen MR) is 87.0 cm³/mol. The Balaban J connectivity index is 4.49. The Bertz CT molecular complexity index is 254. The van der Waals surface area contributed by atoms with E-state index in [4.69, 9.17) is 0 Å². The van der Waals surface area contributed by atoms with Crippen molar-refractivity contribution < 1.29 is 4.79 Å². The van der Waals surface area contributed by atoms with Crippen LogP contribution in [0.3, 0.4) is 0 Å². The molecule has 0 aliphatic carbocycles. The SMILES string of the molecule is CC(C)(C)NC(CCCCNI)C(=O)C(C)(C)C. The molecular formula is C14H29IN2O. The van der Waals surface area contributed by atoms with Crippen molar-refractivity contribution in [2.75, 3.05) is 6.54 Å². The molecule has 4 heteroatoms. The van der Waals surface area contributed by atoms with Crippen LogP contribution in [0.5, 0.6) is 0 Å². The molecule has 0 aliphatic rings. The molecule has 0 fully saturated rings. The van der Waals surface area contributed by atoms with E-state index in [0.717, 1.165) is 25.8 Å². The average Bonchev–Trinajstić information content (AvgIpc) is 2.18. The predicted octanol–water partition coefficient (Wildman–Crippen LogP) is 3.47. The van der Waals surface area contributed by atoms with E-state index in [9.17, 15) is 4.79 Å². The van der Waals surface area contributed by atoms with Crippen molar-refractivity contribution in [3.63, 3.8) is 0 Å². The molecular weight excluding hydrogens is 339 g/mol. The number of hydrogen-bond donors (Lipinski definition) is 2. The van der Waals surface area contributed by atoms with Crippen molar-refractivity contribution in [3.8, 4) is 0 Å². The normalized spacial score (nSPS) is 14.6. The van der Waals surface area contributed by atoms with E-state index in [1.54, 1.807) is 0 Å². The second-order valence-corrected chi connectivity index (χ2v) is 7.70. The van der Waals surface area contributed by atoms with Gasteiger partial charge in [-0.15, -0.1) is 0 Å². The summed E-state index contributed by atoms with van der Waals surface area (Å²) in [5.74, 6) is 0.319. The number of rotatable bonds is 7. The smallest absolute Gasteiger partial charge is 0.155 e. The van der Waals surface area contributed by atoms with Crippen LogP contribution in [-0.2, 0) is 4.79 Å². The van der Waals surface area contributed by atoms with E-state index in [0.29, 0.717) is 5.78 Å². The van der Waals surface area contributed by atoms with E-state index in [2.05, 4.69) is 52.5 Å². The summed E-state index contributed by atoms with van der Waals surface area (Å²) in [6.07, 6.45) is 3.11. The van der Waals surface area contributed by atoms with Gasteiger partial charge >= 0.3 is 0 Å². The van der Waals surface area contributed by atoms with Gasteiger partial charge in [0.1, 0.15) is 0 Å². The van der Waals surface area contributed by atoms with E-state index >= 15 is 0 Å². The molecule has 2 N–H and O–H groups in total. The summed E-state index contributed by atoms with van der Waals surface area (Å²) in [4.78, 5) is 12.4. The van der Waals surface area contributed by atoms with Crippen molar-refractivity contribution in [2.45, 2.75) is 72.4 Å². The molecule has 0 aliphatic heterocycles. The molecule has 0 rings (SSSR count). The number of Topliss-reactive ketones (excluding diaryl/α,β-unsaturated/α-hetero) is 1. The third-order valence-electron chi connectivity index (χ3n) is 2.68. The fourth-order valence-corrected chi connectivity index (χ4v) is 2.24. The van der Waals surface area contributed by atoms with Crippen LogP contribution in [0, 0.1) is 5.41 Å². The molecule has 1 atom stereocenters. The van der Waals surface area contributed by atoms with Crippen LogP contribution in [0.2, 0.25) is 0 Å². The maximum Gasteiger partial charge on any atom is 0.155 e. The molecule has 0 bridgehead atoms. The van der Waals surface area contributed by atoms with Crippen molar-refractivity contribution in [1.82, 2.24) is 8.85 Å². The summed E-state index contributed by atoms with van der Waals surface area (Å²) >= 11 is 2.16. The molecule has 18 heavy (non-hydrogen) atoms. The third-order valence-corrected chi connectivity index (χ3v) is 3.22. The lowest BCUT2D eigenvalue weighted by Gasteiger charge is -2.31. The highest BCUT2D eigenvalue weighted by molar-refractivity contribution is 14.1. The molecule has 0 saturated heterocycles. The summed E-state index contributed by atoms with van der Waals surface area (Å²) in [5, 5.41) is 3.47. The van der Waals surface area contributed by atoms with Crippen LogP contribution in [0.25, 0.3) is 0 Å². The maximum absolute atomic E-state index is 12.4. The number of nitrogens with one attached hydrogen (secondary N) is 2. The van der Waals surface area contributed by atoms with Crippen LogP contribution in [0.4, 0.5) is 0 Å². The van der Waals surface area contributed by atoms with Crippen LogP contribution < -0.4 is 8.85 Å². The standard InChI is InChI=1S/C14H29IN2O/c1-13(2,3)12(18)11(17-14(4,5)6)9-7-8-10-16-15/h11,16-17H,7-10H2,1-6H3. The summed E-state index contributed by atoms with van der Waals surface area (Å²) in [5.41, 5.74) is -0.294. The number of carbonyl (C=O) groups is 1. The zero-order valence-corrected chi connectivity index (χ0v) is 14.8. The van der Waals surface area contributed by atoms with Gasteiger partial charge in [-0.2, -0.15) is 0 Å². The molecule has 0 heterocycles. The van der Waals surface area contributed by atoms with Crippen molar-refractivity contribution in [3.05, 3.63) is 0 Å². The first kappa shape index (κ1) is 18.3. The molecule has 0 amide bonds. The highest BCUT2D eigenvalue weighted by atomic mass is 127. The fourth-order valence-electron chi connectivity index (χ4n) is 1.85.